The van der Waals surface area contributed by atoms with Gasteiger partial charge in [0, 0.05) is 6.42 Å². The van der Waals surface area contributed by atoms with Crippen molar-refractivity contribution in [1.82, 2.24) is 10.0 Å². The Labute approximate surface area is 208 Å². The monoisotopic (exact) mass is 508 g/mol. The normalized spacial score (nSPS) is 17.1. The third-order valence-electron chi connectivity index (χ3n) is 5.79. The van der Waals surface area contributed by atoms with Gasteiger partial charge in [-0.1, -0.05) is 78.9 Å². The maximum absolute atomic E-state index is 12.5. The number of carboxylic acid groups (broad SMARTS) is 1. The topological polar surface area (TPSA) is 139 Å². The summed E-state index contributed by atoms with van der Waals surface area (Å²) >= 11 is 0. The van der Waals surface area contributed by atoms with Crippen LogP contribution in [0.1, 0.15) is 28.4 Å². The predicted octanol–water partition coefficient (Wildman–Crippen LogP) is 3.17. The number of carbonyl (C=O) groups is 3. The van der Waals surface area contributed by atoms with Crippen molar-refractivity contribution in [2.75, 3.05) is 0 Å². The zero-order valence-electron chi connectivity index (χ0n) is 19.1. The van der Waals surface area contributed by atoms with Crippen LogP contribution in [0.25, 0.3) is 11.1 Å². The highest BCUT2D eigenvalue weighted by atomic mass is 32.2. The van der Waals surface area contributed by atoms with Crippen LogP contribution in [0.4, 0.5) is 4.79 Å². The van der Waals surface area contributed by atoms with Gasteiger partial charge < -0.3 is 15.2 Å². The van der Waals surface area contributed by atoms with Gasteiger partial charge in [0.2, 0.25) is 15.9 Å². The van der Waals surface area contributed by atoms with Crippen molar-refractivity contribution in [2.45, 2.75) is 30.7 Å². The largest absolute Gasteiger partial charge is 0.480 e. The van der Waals surface area contributed by atoms with Crippen LogP contribution in [-0.4, -0.2) is 37.5 Å². The van der Waals surface area contributed by atoms with E-state index in [1.807, 2.05) is 16.9 Å². The van der Waals surface area contributed by atoms with Crippen molar-refractivity contribution in [2.24, 2.45) is 0 Å². The minimum Gasteiger partial charge on any atom is -0.480 e. The van der Waals surface area contributed by atoms with Gasteiger partial charge in [0.05, 0.1) is 6.42 Å². The summed E-state index contributed by atoms with van der Waals surface area (Å²) in [6, 6.07) is 21.6. The quantitative estimate of drug-likeness (QED) is 0.425. The van der Waals surface area contributed by atoms with E-state index in [0.717, 1.165) is 5.56 Å². The molecule has 1 unspecified atom stereocenters. The first-order valence-electron chi connectivity index (χ1n) is 11.2. The average Bonchev–Trinajstić information content (AvgIpc) is 3.14. The van der Waals surface area contributed by atoms with E-state index in [2.05, 4.69) is 5.32 Å². The van der Waals surface area contributed by atoms with Gasteiger partial charge >= 0.3 is 12.1 Å². The van der Waals surface area contributed by atoms with E-state index >= 15 is 0 Å². The van der Waals surface area contributed by atoms with Crippen molar-refractivity contribution in [3.05, 3.63) is 95.6 Å². The van der Waals surface area contributed by atoms with E-state index < -0.39 is 39.3 Å². The molecule has 3 aromatic rings. The zero-order chi connectivity index (χ0) is 25.7. The zero-order valence-corrected chi connectivity index (χ0v) is 19.9. The summed E-state index contributed by atoms with van der Waals surface area (Å²) in [5, 5.41) is 11.0. The second-order valence-electron chi connectivity index (χ2n) is 8.35. The lowest BCUT2D eigenvalue weighted by Crippen LogP contribution is -2.42. The van der Waals surface area contributed by atoms with Crippen LogP contribution in [0.15, 0.2) is 78.9 Å². The van der Waals surface area contributed by atoms with Crippen LogP contribution in [0.3, 0.4) is 0 Å². The summed E-state index contributed by atoms with van der Waals surface area (Å²) in [6.07, 6.45) is -1.13. The molecule has 1 saturated heterocycles. The van der Waals surface area contributed by atoms with E-state index in [1.54, 1.807) is 66.7 Å². The summed E-state index contributed by atoms with van der Waals surface area (Å²) in [5.41, 5.74) is 3.03. The van der Waals surface area contributed by atoms with Crippen LogP contribution in [0.5, 0.6) is 0 Å². The number of aliphatic carboxylic acids is 1. The fourth-order valence-corrected chi connectivity index (χ4v) is 5.50. The number of hydrogen-bond acceptors (Lipinski definition) is 6. The number of ether oxygens (including phenoxy) is 1. The molecule has 10 heteroatoms. The SMILES string of the molecule is O=C1CC(c2ccc(C[C@H](NC(=O)OCc3ccccc3)C(=O)O)cc2-c2ccccc2)S(=O)(=O)N1. The molecule has 2 atom stereocenters. The molecule has 0 bridgehead atoms. The molecule has 0 radical (unpaired) electrons. The van der Waals surface area contributed by atoms with Crippen LogP contribution >= 0.6 is 0 Å². The fourth-order valence-electron chi connectivity index (χ4n) is 4.05. The molecule has 3 aromatic carbocycles. The molecule has 36 heavy (non-hydrogen) atoms. The highest BCUT2D eigenvalue weighted by molar-refractivity contribution is 7.90. The average molecular weight is 509 g/mol. The number of benzene rings is 3. The Bertz CT molecular complexity index is 1380. The van der Waals surface area contributed by atoms with E-state index in [9.17, 15) is 27.9 Å². The number of hydrogen-bond donors (Lipinski definition) is 3. The lowest BCUT2D eigenvalue weighted by molar-refractivity contribution is -0.139. The van der Waals surface area contributed by atoms with Gasteiger partial charge in [-0.2, -0.15) is 0 Å². The van der Waals surface area contributed by atoms with Crippen LogP contribution in [0.2, 0.25) is 0 Å². The Hall–Kier alpha value is -4.18. The maximum atomic E-state index is 12.5. The van der Waals surface area contributed by atoms with E-state index in [4.69, 9.17) is 4.74 Å². The van der Waals surface area contributed by atoms with E-state index in [-0.39, 0.29) is 19.4 Å². The minimum absolute atomic E-state index is 0.00547. The van der Waals surface area contributed by atoms with E-state index in [0.29, 0.717) is 22.3 Å². The van der Waals surface area contributed by atoms with Crippen molar-refractivity contribution in [1.29, 1.82) is 0 Å². The number of alkyl carbamates (subject to hydrolysis) is 1. The second-order valence-corrected chi connectivity index (χ2v) is 10.2. The Morgan fingerprint density at radius 1 is 1.00 bits per heavy atom. The van der Waals surface area contributed by atoms with Crippen LogP contribution in [-0.2, 0) is 37.4 Å². The van der Waals surface area contributed by atoms with Crippen molar-refractivity contribution in [3.8, 4) is 11.1 Å². The molecule has 2 amide bonds. The molecule has 4 rings (SSSR count). The predicted molar refractivity (Wildman–Crippen MR) is 131 cm³/mol. The molecule has 0 aliphatic carbocycles. The Morgan fingerprint density at radius 2 is 1.67 bits per heavy atom. The van der Waals surface area contributed by atoms with Crippen molar-refractivity contribution in [3.63, 3.8) is 0 Å². The highest BCUT2D eigenvalue weighted by Crippen LogP contribution is 2.37. The van der Waals surface area contributed by atoms with Gasteiger partial charge in [-0.3, -0.25) is 9.52 Å². The molecule has 1 fully saturated rings. The number of nitrogens with one attached hydrogen (secondary N) is 2. The molecule has 3 N–H and O–H groups in total. The molecular weight excluding hydrogens is 484 g/mol. The number of rotatable bonds is 8. The van der Waals surface area contributed by atoms with E-state index in [1.165, 1.54) is 0 Å². The first-order valence-corrected chi connectivity index (χ1v) is 12.7. The van der Waals surface area contributed by atoms with Gasteiger partial charge in [-0.25, -0.2) is 18.0 Å². The lowest BCUT2D eigenvalue weighted by Gasteiger charge is -2.18. The summed E-state index contributed by atoms with van der Waals surface area (Å²) in [4.78, 5) is 35.9. The summed E-state index contributed by atoms with van der Waals surface area (Å²) in [5.74, 6) is -1.82. The van der Waals surface area contributed by atoms with Crippen LogP contribution in [0, 0.1) is 0 Å². The molecule has 1 aliphatic heterocycles. The van der Waals surface area contributed by atoms with Gasteiger partial charge in [0.25, 0.3) is 0 Å². The first-order chi connectivity index (χ1) is 17.2. The maximum Gasteiger partial charge on any atom is 0.408 e. The molecule has 0 saturated carbocycles. The molecule has 0 aromatic heterocycles. The number of carbonyl (C=O) groups excluding carboxylic acids is 2. The fraction of sp³-hybridized carbons (Fsp3) is 0.192. The minimum atomic E-state index is -3.88. The molecule has 0 spiro atoms. The number of amides is 2. The number of sulfonamides is 1. The Kier molecular flexibility index (Phi) is 7.35. The molecule has 186 valence electrons. The van der Waals surface area contributed by atoms with Gasteiger partial charge in [0.15, 0.2) is 0 Å². The molecular formula is C26H24N2O7S. The van der Waals surface area contributed by atoms with Crippen LogP contribution < -0.4 is 10.0 Å². The smallest absolute Gasteiger partial charge is 0.408 e. The molecule has 1 heterocycles. The van der Waals surface area contributed by atoms with Gasteiger partial charge in [-0.15, -0.1) is 0 Å². The lowest BCUT2D eigenvalue weighted by atomic mass is 9.92. The van der Waals surface area contributed by atoms with Gasteiger partial charge in [-0.05, 0) is 27.8 Å². The Balaban J connectivity index is 1.57. The second kappa shape index (κ2) is 10.6. The van der Waals surface area contributed by atoms with Gasteiger partial charge in [0.1, 0.15) is 17.9 Å². The molecule has 9 nitrogen and oxygen atoms in total. The standard InChI is InChI=1S/C26H24N2O7S/c29-24-15-23(36(33,34)28-24)20-12-11-18(13-21(20)19-9-5-2-6-10-19)14-22(25(30)31)27-26(32)35-16-17-7-3-1-4-8-17/h1-13,22-23H,14-16H2,(H,27,32)(H,28,29)(H,30,31)/t22-,23?/m0/s1. The third-order valence-corrected chi connectivity index (χ3v) is 7.48. The summed E-state index contributed by atoms with van der Waals surface area (Å²) in [6.45, 7) is -0.00547. The third kappa shape index (κ3) is 5.89. The summed E-state index contributed by atoms with van der Waals surface area (Å²) < 4.78 is 32.2. The first kappa shape index (κ1) is 24.9. The molecule has 1 aliphatic rings. The highest BCUT2D eigenvalue weighted by Gasteiger charge is 2.39. The Morgan fingerprint density at radius 3 is 2.28 bits per heavy atom. The van der Waals surface area contributed by atoms with Crippen molar-refractivity contribution < 1.29 is 32.6 Å². The summed E-state index contributed by atoms with van der Waals surface area (Å²) in [7, 11) is -3.88. The van der Waals surface area contributed by atoms with Crippen molar-refractivity contribution >= 4 is 28.0 Å². The number of carboxylic acids is 1.